The van der Waals surface area contributed by atoms with Crippen LogP contribution in [0.5, 0.6) is 0 Å². The summed E-state index contributed by atoms with van der Waals surface area (Å²) < 4.78 is 5.47. The Morgan fingerprint density at radius 3 is 2.25 bits per heavy atom. The largest absolute Gasteiger partial charge is 0.384 e. The van der Waals surface area contributed by atoms with Gasteiger partial charge < -0.3 is 15.8 Å². The van der Waals surface area contributed by atoms with E-state index < -0.39 is 5.60 Å². The number of benzene rings is 2. The first kappa shape index (κ1) is 19.7. The number of methoxy groups -OCH3 is 1. The molecule has 0 aliphatic heterocycles. The summed E-state index contributed by atoms with van der Waals surface area (Å²) in [4.78, 5) is 12.6. The number of amides is 1. The molecule has 0 spiro atoms. The van der Waals surface area contributed by atoms with E-state index in [1.807, 2.05) is 42.5 Å². The van der Waals surface area contributed by atoms with E-state index in [1.54, 1.807) is 19.1 Å². The molecule has 1 atom stereocenters. The molecule has 0 heterocycles. The fourth-order valence-electron chi connectivity index (χ4n) is 2.25. The molecule has 128 valence electrons. The van der Waals surface area contributed by atoms with Crippen molar-refractivity contribution in [3.05, 3.63) is 71.3 Å². The number of halogens is 1. The van der Waals surface area contributed by atoms with Crippen LogP contribution in [0.3, 0.4) is 0 Å². The van der Waals surface area contributed by atoms with Gasteiger partial charge in [0.2, 0.25) is 0 Å². The van der Waals surface area contributed by atoms with E-state index in [0.717, 1.165) is 11.1 Å². The van der Waals surface area contributed by atoms with Crippen molar-refractivity contribution < 1.29 is 9.53 Å². The summed E-state index contributed by atoms with van der Waals surface area (Å²) in [5.41, 5.74) is 6.76. The van der Waals surface area contributed by atoms with Gasteiger partial charge in [0.15, 0.2) is 5.60 Å². The normalized spacial score (nSPS) is 12.6. The third kappa shape index (κ3) is 4.34. The molecule has 0 saturated carbocycles. The van der Waals surface area contributed by atoms with Crippen molar-refractivity contribution in [2.45, 2.75) is 19.1 Å². The van der Waals surface area contributed by atoms with Crippen molar-refractivity contribution in [1.29, 1.82) is 5.41 Å². The number of amidine groups is 1. The molecule has 0 aromatic heterocycles. The maximum Gasteiger partial charge on any atom is 0.256 e. The zero-order valence-electron chi connectivity index (χ0n) is 13.7. The van der Waals surface area contributed by atoms with Gasteiger partial charge in [0.25, 0.3) is 5.91 Å². The maximum absolute atomic E-state index is 12.6. The molecule has 5 nitrogen and oxygen atoms in total. The van der Waals surface area contributed by atoms with Gasteiger partial charge >= 0.3 is 0 Å². The van der Waals surface area contributed by atoms with Crippen LogP contribution in [0.4, 0.5) is 0 Å². The van der Waals surface area contributed by atoms with Crippen molar-refractivity contribution in [2.24, 2.45) is 5.73 Å². The quantitative estimate of drug-likeness (QED) is 0.554. The highest BCUT2D eigenvalue weighted by molar-refractivity contribution is 5.94. The predicted molar refractivity (Wildman–Crippen MR) is 97.4 cm³/mol. The predicted octanol–water partition coefficient (Wildman–Crippen LogP) is 2.57. The third-order valence-electron chi connectivity index (χ3n) is 3.88. The van der Waals surface area contributed by atoms with Crippen LogP contribution in [0.2, 0.25) is 0 Å². The second-order valence-electron chi connectivity index (χ2n) is 5.40. The Morgan fingerprint density at radius 1 is 1.17 bits per heavy atom. The Kier molecular flexibility index (Phi) is 6.95. The Morgan fingerprint density at radius 2 is 1.75 bits per heavy atom. The van der Waals surface area contributed by atoms with E-state index in [1.165, 1.54) is 7.11 Å². The smallest absolute Gasteiger partial charge is 0.256 e. The summed E-state index contributed by atoms with van der Waals surface area (Å²) in [6, 6.07) is 16.6. The SMILES string of the molecule is COC(C)(C(=O)NCc1ccc(C(=N)N)cc1)c1ccccc1.Cl. The molecule has 2 aromatic rings. The first-order valence-corrected chi connectivity index (χ1v) is 7.29. The zero-order chi connectivity index (χ0) is 16.9. The first-order valence-electron chi connectivity index (χ1n) is 7.29. The van der Waals surface area contributed by atoms with Crippen LogP contribution >= 0.6 is 12.4 Å². The summed E-state index contributed by atoms with van der Waals surface area (Å²) in [5.74, 6) is -0.182. The highest BCUT2D eigenvalue weighted by Gasteiger charge is 2.34. The van der Waals surface area contributed by atoms with E-state index >= 15 is 0 Å². The number of rotatable bonds is 6. The van der Waals surface area contributed by atoms with Crippen LogP contribution in [0, 0.1) is 5.41 Å². The van der Waals surface area contributed by atoms with Crippen molar-refractivity contribution in [2.75, 3.05) is 7.11 Å². The molecule has 2 aromatic carbocycles. The minimum atomic E-state index is -1.04. The van der Waals surface area contributed by atoms with Gasteiger partial charge in [-0.2, -0.15) is 0 Å². The minimum absolute atomic E-state index is 0. The highest BCUT2D eigenvalue weighted by atomic mass is 35.5. The number of nitrogens with one attached hydrogen (secondary N) is 2. The lowest BCUT2D eigenvalue weighted by Gasteiger charge is -2.27. The Balaban J connectivity index is 0.00000288. The second kappa shape index (κ2) is 8.47. The molecule has 2 rings (SSSR count). The lowest BCUT2D eigenvalue weighted by atomic mass is 9.94. The Bertz CT molecular complexity index is 689. The topological polar surface area (TPSA) is 88.2 Å². The van der Waals surface area contributed by atoms with Gasteiger partial charge in [-0.3, -0.25) is 10.2 Å². The standard InChI is InChI=1S/C18H21N3O2.ClH/c1-18(23-2,15-6-4-3-5-7-15)17(22)21-12-13-8-10-14(11-9-13)16(19)20;/h3-11H,12H2,1-2H3,(H3,19,20)(H,21,22);1H. The fourth-order valence-corrected chi connectivity index (χ4v) is 2.25. The van der Waals surface area contributed by atoms with Crippen LogP contribution in [-0.2, 0) is 21.7 Å². The molecular weight excluding hydrogens is 326 g/mol. The molecule has 6 heteroatoms. The number of carbonyl (C=O) groups excluding carboxylic acids is 1. The number of nitrogen functional groups attached to an aromatic ring is 1. The number of ether oxygens (including phenoxy) is 1. The van der Waals surface area contributed by atoms with Crippen molar-refractivity contribution >= 4 is 24.1 Å². The number of nitrogens with two attached hydrogens (primary N) is 1. The molecule has 0 saturated heterocycles. The first-order chi connectivity index (χ1) is 11.0. The fraction of sp³-hybridized carbons (Fsp3) is 0.222. The molecule has 4 N–H and O–H groups in total. The Hall–Kier alpha value is -2.37. The van der Waals surface area contributed by atoms with Gasteiger partial charge in [-0.25, -0.2) is 0 Å². The van der Waals surface area contributed by atoms with E-state index in [-0.39, 0.29) is 24.1 Å². The summed E-state index contributed by atoms with van der Waals surface area (Å²) in [6.07, 6.45) is 0. The van der Waals surface area contributed by atoms with Crippen molar-refractivity contribution in [3.63, 3.8) is 0 Å². The molecule has 24 heavy (non-hydrogen) atoms. The second-order valence-corrected chi connectivity index (χ2v) is 5.40. The zero-order valence-corrected chi connectivity index (χ0v) is 14.5. The van der Waals surface area contributed by atoms with Gasteiger partial charge in [-0.15, -0.1) is 12.4 Å². The lowest BCUT2D eigenvalue weighted by Crippen LogP contribution is -2.43. The molecule has 0 aliphatic carbocycles. The Labute approximate surface area is 148 Å². The molecular formula is C18H22ClN3O2. The number of hydrogen-bond donors (Lipinski definition) is 3. The van der Waals surface area contributed by atoms with Gasteiger partial charge in [-0.1, -0.05) is 54.6 Å². The van der Waals surface area contributed by atoms with E-state index in [0.29, 0.717) is 12.1 Å². The van der Waals surface area contributed by atoms with E-state index in [2.05, 4.69) is 5.32 Å². The molecule has 0 fully saturated rings. The maximum atomic E-state index is 12.6. The minimum Gasteiger partial charge on any atom is -0.384 e. The van der Waals surface area contributed by atoms with Crippen LogP contribution in [0.25, 0.3) is 0 Å². The van der Waals surface area contributed by atoms with Gasteiger partial charge in [-0.05, 0) is 18.1 Å². The average molecular weight is 348 g/mol. The van der Waals surface area contributed by atoms with Crippen LogP contribution in [-0.4, -0.2) is 18.9 Å². The number of hydrogen-bond acceptors (Lipinski definition) is 3. The molecule has 0 aliphatic rings. The number of carbonyl (C=O) groups is 1. The molecule has 0 radical (unpaired) electrons. The summed E-state index contributed by atoms with van der Waals surface area (Å²) >= 11 is 0. The monoisotopic (exact) mass is 347 g/mol. The molecule has 0 bridgehead atoms. The van der Waals surface area contributed by atoms with Crippen molar-refractivity contribution in [1.82, 2.24) is 5.32 Å². The van der Waals surface area contributed by atoms with Crippen LogP contribution in [0.1, 0.15) is 23.6 Å². The van der Waals surface area contributed by atoms with Crippen molar-refractivity contribution in [3.8, 4) is 0 Å². The highest BCUT2D eigenvalue weighted by Crippen LogP contribution is 2.24. The van der Waals surface area contributed by atoms with Crippen LogP contribution in [0.15, 0.2) is 54.6 Å². The van der Waals surface area contributed by atoms with Gasteiger partial charge in [0.1, 0.15) is 5.84 Å². The van der Waals surface area contributed by atoms with Gasteiger partial charge in [0.05, 0.1) is 0 Å². The average Bonchev–Trinajstić information content (AvgIpc) is 2.60. The summed E-state index contributed by atoms with van der Waals surface area (Å²) in [6.45, 7) is 2.12. The molecule has 1 amide bonds. The van der Waals surface area contributed by atoms with Gasteiger partial charge in [0, 0.05) is 19.2 Å². The van der Waals surface area contributed by atoms with E-state index in [9.17, 15) is 4.79 Å². The van der Waals surface area contributed by atoms with E-state index in [4.69, 9.17) is 15.9 Å². The molecule has 1 unspecified atom stereocenters. The summed E-state index contributed by atoms with van der Waals surface area (Å²) in [7, 11) is 1.52. The van der Waals surface area contributed by atoms with Crippen LogP contribution < -0.4 is 11.1 Å². The lowest BCUT2D eigenvalue weighted by molar-refractivity contribution is -0.142. The summed E-state index contributed by atoms with van der Waals surface area (Å²) in [5, 5.41) is 10.3. The third-order valence-corrected chi connectivity index (χ3v) is 3.88.